The van der Waals surface area contributed by atoms with Crippen molar-refractivity contribution in [2.75, 3.05) is 0 Å². The summed E-state index contributed by atoms with van der Waals surface area (Å²) in [6.45, 7) is 9.51. The summed E-state index contributed by atoms with van der Waals surface area (Å²) >= 11 is 0. The van der Waals surface area contributed by atoms with Crippen molar-refractivity contribution in [1.82, 2.24) is 0 Å². The normalized spacial score (nSPS) is 37.2. The number of hydrogen-bond donors (Lipinski definition) is 0. The van der Waals surface area contributed by atoms with Crippen molar-refractivity contribution in [2.24, 2.45) is 17.3 Å². The summed E-state index contributed by atoms with van der Waals surface area (Å²) in [5, 5.41) is 0. The molecule has 0 aromatic heterocycles. The molecule has 0 nitrogen and oxygen atoms in total. The maximum atomic E-state index is 2.41. The van der Waals surface area contributed by atoms with Crippen molar-refractivity contribution < 1.29 is 0 Å². The average molecular weight is 140 g/mol. The van der Waals surface area contributed by atoms with E-state index in [1.54, 1.807) is 0 Å². The molecule has 0 heteroatoms. The summed E-state index contributed by atoms with van der Waals surface area (Å²) in [5.74, 6) is 2.01. The SMILES string of the molecule is CCCC1C(C)CC1(C)C. The van der Waals surface area contributed by atoms with Gasteiger partial charge in [0.1, 0.15) is 0 Å². The third-order valence-corrected chi connectivity index (χ3v) is 3.14. The van der Waals surface area contributed by atoms with Gasteiger partial charge in [-0.1, -0.05) is 34.1 Å². The third-order valence-electron chi connectivity index (χ3n) is 3.14. The minimum atomic E-state index is 0.662. The monoisotopic (exact) mass is 140 g/mol. The Hall–Kier alpha value is 0. The van der Waals surface area contributed by atoms with Crippen molar-refractivity contribution in [3.8, 4) is 0 Å². The van der Waals surface area contributed by atoms with Crippen LogP contribution in [0, 0.1) is 17.3 Å². The molecule has 1 saturated carbocycles. The Balaban J connectivity index is 2.40. The van der Waals surface area contributed by atoms with Crippen LogP contribution in [0.1, 0.15) is 47.0 Å². The van der Waals surface area contributed by atoms with Crippen molar-refractivity contribution >= 4 is 0 Å². The zero-order valence-corrected chi connectivity index (χ0v) is 7.78. The molecular weight excluding hydrogens is 120 g/mol. The standard InChI is InChI=1S/C10H20/c1-5-6-9-8(2)7-10(9,3)4/h8-9H,5-7H2,1-4H3. The first kappa shape index (κ1) is 8.10. The Morgan fingerprint density at radius 2 is 2.00 bits per heavy atom. The second kappa shape index (κ2) is 2.56. The van der Waals surface area contributed by atoms with E-state index in [4.69, 9.17) is 0 Å². The largest absolute Gasteiger partial charge is 0.0654 e. The molecule has 60 valence electrons. The molecule has 0 saturated heterocycles. The summed E-state index contributed by atoms with van der Waals surface area (Å²) < 4.78 is 0. The smallest absolute Gasteiger partial charge is 0.0321 e. The van der Waals surface area contributed by atoms with E-state index in [9.17, 15) is 0 Å². The molecule has 0 bridgehead atoms. The van der Waals surface area contributed by atoms with Gasteiger partial charge in [-0.2, -0.15) is 0 Å². The van der Waals surface area contributed by atoms with Crippen molar-refractivity contribution in [2.45, 2.75) is 47.0 Å². The molecule has 0 radical (unpaired) electrons. The lowest BCUT2D eigenvalue weighted by atomic mass is 9.55. The molecule has 0 aromatic carbocycles. The second-order valence-corrected chi connectivity index (χ2v) is 4.57. The molecule has 2 atom stereocenters. The highest BCUT2D eigenvalue weighted by molar-refractivity contribution is 4.93. The van der Waals surface area contributed by atoms with Gasteiger partial charge in [0, 0.05) is 0 Å². The van der Waals surface area contributed by atoms with Crippen LogP contribution in [0.25, 0.3) is 0 Å². The van der Waals surface area contributed by atoms with Crippen molar-refractivity contribution in [1.29, 1.82) is 0 Å². The Bertz CT molecular complexity index is 113. The summed E-state index contributed by atoms with van der Waals surface area (Å²) in [4.78, 5) is 0. The zero-order valence-electron chi connectivity index (χ0n) is 7.78. The predicted octanol–water partition coefficient (Wildman–Crippen LogP) is 3.47. The van der Waals surface area contributed by atoms with Crippen LogP contribution in [-0.4, -0.2) is 0 Å². The van der Waals surface area contributed by atoms with Gasteiger partial charge in [0.15, 0.2) is 0 Å². The fourth-order valence-electron chi connectivity index (χ4n) is 2.72. The van der Waals surface area contributed by atoms with Crippen LogP contribution in [0.2, 0.25) is 0 Å². The van der Waals surface area contributed by atoms with E-state index in [1.807, 2.05) is 0 Å². The molecule has 1 aliphatic rings. The first-order chi connectivity index (χ1) is 4.58. The number of hydrogen-bond acceptors (Lipinski definition) is 0. The minimum Gasteiger partial charge on any atom is -0.0654 e. The highest BCUT2D eigenvalue weighted by atomic mass is 14.5. The molecule has 0 spiro atoms. The zero-order chi connectivity index (χ0) is 7.78. The van der Waals surface area contributed by atoms with E-state index < -0.39 is 0 Å². The van der Waals surface area contributed by atoms with Gasteiger partial charge in [0.05, 0.1) is 0 Å². The average Bonchev–Trinajstić information content (AvgIpc) is 1.82. The van der Waals surface area contributed by atoms with E-state index in [-0.39, 0.29) is 0 Å². The fourth-order valence-corrected chi connectivity index (χ4v) is 2.72. The molecule has 0 aliphatic heterocycles. The quantitative estimate of drug-likeness (QED) is 0.551. The van der Waals surface area contributed by atoms with Gasteiger partial charge in [0.25, 0.3) is 0 Å². The molecule has 1 aliphatic carbocycles. The molecule has 1 rings (SSSR count). The summed E-state index contributed by atoms with van der Waals surface area (Å²) in [7, 11) is 0. The Morgan fingerprint density at radius 3 is 2.20 bits per heavy atom. The van der Waals surface area contributed by atoms with E-state index >= 15 is 0 Å². The lowest BCUT2D eigenvalue weighted by molar-refractivity contribution is -0.00638. The van der Waals surface area contributed by atoms with Gasteiger partial charge in [-0.3, -0.25) is 0 Å². The molecule has 0 N–H and O–H groups in total. The Kier molecular flexibility index (Phi) is 2.07. The van der Waals surface area contributed by atoms with E-state index in [2.05, 4.69) is 27.7 Å². The van der Waals surface area contributed by atoms with E-state index in [0.717, 1.165) is 11.8 Å². The van der Waals surface area contributed by atoms with Crippen molar-refractivity contribution in [3.63, 3.8) is 0 Å². The van der Waals surface area contributed by atoms with Gasteiger partial charge >= 0.3 is 0 Å². The fraction of sp³-hybridized carbons (Fsp3) is 1.00. The first-order valence-electron chi connectivity index (χ1n) is 4.58. The maximum Gasteiger partial charge on any atom is -0.0321 e. The van der Waals surface area contributed by atoms with E-state index in [0.29, 0.717) is 5.41 Å². The van der Waals surface area contributed by atoms with Gasteiger partial charge in [0.2, 0.25) is 0 Å². The third kappa shape index (κ3) is 1.21. The molecule has 0 aromatic rings. The molecule has 2 unspecified atom stereocenters. The second-order valence-electron chi connectivity index (χ2n) is 4.57. The first-order valence-corrected chi connectivity index (χ1v) is 4.58. The van der Waals surface area contributed by atoms with Gasteiger partial charge in [-0.05, 0) is 30.1 Å². The molecule has 10 heavy (non-hydrogen) atoms. The van der Waals surface area contributed by atoms with Gasteiger partial charge in [-0.25, -0.2) is 0 Å². The minimum absolute atomic E-state index is 0.662. The lowest BCUT2D eigenvalue weighted by Crippen LogP contribution is -2.42. The Labute approximate surface area is 65.0 Å². The molecule has 0 heterocycles. The van der Waals surface area contributed by atoms with Gasteiger partial charge < -0.3 is 0 Å². The Morgan fingerprint density at radius 1 is 1.40 bits per heavy atom. The van der Waals surface area contributed by atoms with Crippen LogP contribution in [0.3, 0.4) is 0 Å². The molecule has 0 amide bonds. The maximum absolute atomic E-state index is 2.41. The van der Waals surface area contributed by atoms with E-state index in [1.165, 1.54) is 19.3 Å². The summed E-state index contributed by atoms with van der Waals surface area (Å²) in [5.41, 5.74) is 0.662. The van der Waals surface area contributed by atoms with Gasteiger partial charge in [-0.15, -0.1) is 0 Å². The number of rotatable bonds is 2. The highest BCUT2D eigenvalue weighted by Crippen LogP contribution is 2.52. The lowest BCUT2D eigenvalue weighted by Gasteiger charge is -2.50. The molecule has 1 fully saturated rings. The van der Waals surface area contributed by atoms with Crippen LogP contribution < -0.4 is 0 Å². The van der Waals surface area contributed by atoms with Crippen molar-refractivity contribution in [3.05, 3.63) is 0 Å². The van der Waals surface area contributed by atoms with Crippen LogP contribution in [0.4, 0.5) is 0 Å². The van der Waals surface area contributed by atoms with Crippen LogP contribution in [0.15, 0.2) is 0 Å². The topological polar surface area (TPSA) is 0 Å². The highest BCUT2D eigenvalue weighted by Gasteiger charge is 2.43. The van der Waals surface area contributed by atoms with Crippen LogP contribution >= 0.6 is 0 Å². The van der Waals surface area contributed by atoms with Crippen LogP contribution in [0.5, 0.6) is 0 Å². The summed E-state index contributed by atoms with van der Waals surface area (Å²) in [6, 6.07) is 0. The predicted molar refractivity (Wildman–Crippen MR) is 46.0 cm³/mol. The summed E-state index contributed by atoms with van der Waals surface area (Å²) in [6.07, 6.45) is 4.24. The molecular formula is C10H20. The van der Waals surface area contributed by atoms with Crippen LogP contribution in [-0.2, 0) is 0 Å².